The highest BCUT2D eigenvalue weighted by molar-refractivity contribution is 5.53. The van der Waals surface area contributed by atoms with E-state index in [0.29, 0.717) is 23.8 Å². The van der Waals surface area contributed by atoms with Crippen LogP contribution in [0.4, 0.5) is 0 Å². The Kier molecular flexibility index (Phi) is 6.45. The molecule has 0 unspecified atom stereocenters. The predicted molar refractivity (Wildman–Crippen MR) is 76.4 cm³/mol. The molecule has 0 aliphatic heterocycles. The Morgan fingerprint density at radius 1 is 1.00 bits per heavy atom. The first kappa shape index (κ1) is 15.6. The molecule has 108 valence electrons. The van der Waals surface area contributed by atoms with Gasteiger partial charge in [0, 0.05) is 19.6 Å². The van der Waals surface area contributed by atoms with Crippen LogP contribution in [-0.4, -0.2) is 52.9 Å². The van der Waals surface area contributed by atoms with E-state index in [1.165, 1.54) is 0 Å². The number of nitrogens with two attached hydrogens (primary N) is 1. The topological polar surface area (TPSA) is 57.0 Å². The molecule has 0 bridgehead atoms. The van der Waals surface area contributed by atoms with Crippen molar-refractivity contribution in [3.63, 3.8) is 0 Å². The highest BCUT2D eigenvalue weighted by Gasteiger charge is 2.13. The summed E-state index contributed by atoms with van der Waals surface area (Å²) >= 11 is 0. The van der Waals surface area contributed by atoms with Gasteiger partial charge in [-0.3, -0.25) is 0 Å². The Labute approximate surface area is 115 Å². The molecule has 0 aliphatic carbocycles. The first-order valence-corrected chi connectivity index (χ1v) is 6.33. The number of likely N-dealkylation sites (N-methyl/N-ethyl adjacent to an activating group) is 1. The number of nitrogens with zero attached hydrogens (tertiary/aromatic N) is 1. The van der Waals surface area contributed by atoms with Gasteiger partial charge < -0.3 is 24.8 Å². The van der Waals surface area contributed by atoms with Crippen molar-refractivity contribution in [1.82, 2.24) is 4.90 Å². The summed E-state index contributed by atoms with van der Waals surface area (Å²) in [6, 6.07) is 3.97. The minimum atomic E-state index is 0.629. The third-order valence-electron chi connectivity index (χ3n) is 3.02. The third kappa shape index (κ3) is 4.29. The van der Waals surface area contributed by atoms with Gasteiger partial charge >= 0.3 is 0 Å². The lowest BCUT2D eigenvalue weighted by atomic mass is 10.1. The van der Waals surface area contributed by atoms with Gasteiger partial charge in [-0.2, -0.15) is 0 Å². The van der Waals surface area contributed by atoms with Crippen LogP contribution < -0.4 is 19.9 Å². The molecule has 0 saturated heterocycles. The summed E-state index contributed by atoms with van der Waals surface area (Å²) in [4.78, 5) is 2.20. The van der Waals surface area contributed by atoms with Crippen LogP contribution in [0.1, 0.15) is 5.56 Å². The highest BCUT2D eigenvalue weighted by atomic mass is 16.5. The number of hydrogen-bond donors (Lipinski definition) is 1. The summed E-state index contributed by atoms with van der Waals surface area (Å²) in [6.07, 6.45) is 0.910. The van der Waals surface area contributed by atoms with Gasteiger partial charge in [-0.25, -0.2) is 0 Å². The molecule has 19 heavy (non-hydrogen) atoms. The van der Waals surface area contributed by atoms with Gasteiger partial charge in [-0.05, 0) is 31.2 Å². The standard InChI is InChI=1S/C14H24N2O3/c1-16(8-6-15)7-5-11-9-12(17-2)14(19-4)13(10-11)18-3/h9-10H,5-8,15H2,1-4H3. The van der Waals surface area contributed by atoms with E-state index in [1.54, 1.807) is 21.3 Å². The Morgan fingerprint density at radius 2 is 1.58 bits per heavy atom. The van der Waals surface area contributed by atoms with Crippen LogP contribution in [0.5, 0.6) is 17.2 Å². The van der Waals surface area contributed by atoms with Crippen molar-refractivity contribution in [2.45, 2.75) is 6.42 Å². The van der Waals surface area contributed by atoms with Crippen LogP contribution in [0.3, 0.4) is 0 Å². The lowest BCUT2D eigenvalue weighted by Crippen LogP contribution is -2.27. The average Bonchev–Trinajstić information content (AvgIpc) is 2.44. The molecule has 0 fully saturated rings. The van der Waals surface area contributed by atoms with E-state index in [1.807, 2.05) is 12.1 Å². The number of hydrogen-bond acceptors (Lipinski definition) is 5. The van der Waals surface area contributed by atoms with E-state index in [9.17, 15) is 0 Å². The van der Waals surface area contributed by atoms with Crippen LogP contribution >= 0.6 is 0 Å². The molecule has 5 nitrogen and oxygen atoms in total. The molecule has 0 atom stereocenters. The van der Waals surface area contributed by atoms with Gasteiger partial charge in [0.1, 0.15) is 0 Å². The van der Waals surface area contributed by atoms with Crippen LogP contribution in [0.25, 0.3) is 0 Å². The smallest absolute Gasteiger partial charge is 0.203 e. The fourth-order valence-electron chi connectivity index (χ4n) is 1.93. The molecule has 5 heteroatoms. The lowest BCUT2D eigenvalue weighted by molar-refractivity contribution is 0.322. The summed E-state index contributed by atoms with van der Waals surface area (Å²) in [5.41, 5.74) is 6.68. The van der Waals surface area contributed by atoms with Crippen molar-refractivity contribution < 1.29 is 14.2 Å². The second-order valence-electron chi connectivity index (χ2n) is 4.38. The number of benzene rings is 1. The minimum absolute atomic E-state index is 0.629. The Balaban J connectivity index is 2.84. The summed E-state index contributed by atoms with van der Waals surface area (Å²) < 4.78 is 16.0. The molecule has 0 amide bonds. The van der Waals surface area contributed by atoms with Crippen molar-refractivity contribution in [3.8, 4) is 17.2 Å². The number of methoxy groups -OCH3 is 3. The third-order valence-corrected chi connectivity index (χ3v) is 3.02. The Morgan fingerprint density at radius 3 is 2.00 bits per heavy atom. The second-order valence-corrected chi connectivity index (χ2v) is 4.38. The molecular formula is C14H24N2O3. The first-order chi connectivity index (χ1) is 9.15. The van der Waals surface area contributed by atoms with Gasteiger partial charge in [0.15, 0.2) is 11.5 Å². The average molecular weight is 268 g/mol. The van der Waals surface area contributed by atoms with E-state index in [0.717, 1.165) is 25.1 Å². The van der Waals surface area contributed by atoms with Crippen molar-refractivity contribution in [1.29, 1.82) is 0 Å². The maximum Gasteiger partial charge on any atom is 0.203 e. The molecule has 1 aromatic rings. The zero-order valence-electron chi connectivity index (χ0n) is 12.2. The van der Waals surface area contributed by atoms with Crippen LogP contribution in [0.15, 0.2) is 12.1 Å². The van der Waals surface area contributed by atoms with Crippen molar-refractivity contribution in [2.75, 3.05) is 48.0 Å². The summed E-state index contributed by atoms with van der Waals surface area (Å²) in [6.45, 7) is 2.51. The Bertz CT molecular complexity index is 371. The molecular weight excluding hydrogens is 244 g/mol. The van der Waals surface area contributed by atoms with Crippen molar-refractivity contribution in [3.05, 3.63) is 17.7 Å². The fourth-order valence-corrected chi connectivity index (χ4v) is 1.93. The number of ether oxygens (including phenoxy) is 3. The van der Waals surface area contributed by atoms with Crippen LogP contribution in [0.2, 0.25) is 0 Å². The van der Waals surface area contributed by atoms with Crippen molar-refractivity contribution in [2.24, 2.45) is 5.73 Å². The molecule has 0 radical (unpaired) electrons. The quantitative estimate of drug-likeness (QED) is 0.766. The molecule has 1 rings (SSSR count). The summed E-state index contributed by atoms with van der Waals surface area (Å²) in [5, 5.41) is 0. The van der Waals surface area contributed by atoms with Gasteiger partial charge in [0.25, 0.3) is 0 Å². The maximum atomic E-state index is 5.53. The fraction of sp³-hybridized carbons (Fsp3) is 0.571. The molecule has 0 aliphatic rings. The van der Waals surface area contributed by atoms with Gasteiger partial charge in [-0.15, -0.1) is 0 Å². The van der Waals surface area contributed by atoms with E-state index in [2.05, 4.69) is 11.9 Å². The normalized spacial score (nSPS) is 10.6. The Hall–Kier alpha value is -1.46. The lowest BCUT2D eigenvalue weighted by Gasteiger charge is -2.17. The summed E-state index contributed by atoms with van der Waals surface area (Å²) in [7, 11) is 6.92. The first-order valence-electron chi connectivity index (χ1n) is 6.33. The van der Waals surface area contributed by atoms with Crippen LogP contribution in [0, 0.1) is 0 Å². The van der Waals surface area contributed by atoms with E-state index < -0.39 is 0 Å². The minimum Gasteiger partial charge on any atom is -0.493 e. The molecule has 0 spiro atoms. The van der Waals surface area contributed by atoms with E-state index in [4.69, 9.17) is 19.9 Å². The van der Waals surface area contributed by atoms with E-state index >= 15 is 0 Å². The zero-order valence-corrected chi connectivity index (χ0v) is 12.2. The number of rotatable bonds is 8. The van der Waals surface area contributed by atoms with Gasteiger partial charge in [0.05, 0.1) is 21.3 Å². The SMILES string of the molecule is COc1cc(CCN(C)CCN)cc(OC)c1OC. The highest BCUT2D eigenvalue weighted by Crippen LogP contribution is 2.38. The monoisotopic (exact) mass is 268 g/mol. The molecule has 1 aromatic carbocycles. The van der Waals surface area contributed by atoms with Crippen molar-refractivity contribution >= 4 is 0 Å². The zero-order chi connectivity index (χ0) is 14.3. The van der Waals surface area contributed by atoms with Gasteiger partial charge in [0.2, 0.25) is 5.75 Å². The molecule has 0 aromatic heterocycles. The second kappa shape index (κ2) is 7.86. The van der Waals surface area contributed by atoms with Crippen LogP contribution in [-0.2, 0) is 6.42 Å². The van der Waals surface area contributed by atoms with Gasteiger partial charge in [-0.1, -0.05) is 0 Å². The molecule has 0 heterocycles. The summed E-state index contributed by atoms with van der Waals surface area (Å²) in [5.74, 6) is 2.01. The molecule has 2 N–H and O–H groups in total. The molecule has 0 saturated carbocycles. The maximum absolute atomic E-state index is 5.53. The largest absolute Gasteiger partial charge is 0.493 e. The van der Waals surface area contributed by atoms with E-state index in [-0.39, 0.29) is 0 Å². The predicted octanol–water partition coefficient (Wildman–Crippen LogP) is 1.15.